The SMILES string of the molecule is CC(C)C1CCCCC1Cn1cnnc1. The predicted octanol–water partition coefficient (Wildman–Crippen LogP) is 2.74. The van der Waals surface area contributed by atoms with Gasteiger partial charge in [-0.2, -0.15) is 0 Å². The summed E-state index contributed by atoms with van der Waals surface area (Å²) >= 11 is 0. The van der Waals surface area contributed by atoms with Crippen LogP contribution in [-0.4, -0.2) is 14.8 Å². The minimum absolute atomic E-state index is 0.812. The molecule has 2 atom stereocenters. The van der Waals surface area contributed by atoms with Crippen molar-refractivity contribution in [3.8, 4) is 0 Å². The summed E-state index contributed by atoms with van der Waals surface area (Å²) in [6.07, 6.45) is 9.28. The molecule has 0 spiro atoms. The highest BCUT2D eigenvalue weighted by atomic mass is 15.2. The monoisotopic (exact) mass is 207 g/mol. The third-order valence-electron chi connectivity index (χ3n) is 3.74. The Morgan fingerprint density at radius 2 is 1.87 bits per heavy atom. The third-order valence-corrected chi connectivity index (χ3v) is 3.74. The first-order valence-electron chi connectivity index (χ1n) is 6.10. The van der Waals surface area contributed by atoms with Crippen molar-refractivity contribution >= 4 is 0 Å². The van der Waals surface area contributed by atoms with Gasteiger partial charge >= 0.3 is 0 Å². The molecule has 0 N–H and O–H groups in total. The molecule has 3 heteroatoms. The number of rotatable bonds is 3. The van der Waals surface area contributed by atoms with Crippen LogP contribution < -0.4 is 0 Å². The Kier molecular flexibility index (Phi) is 3.39. The molecule has 1 aromatic rings. The van der Waals surface area contributed by atoms with Crippen molar-refractivity contribution in [3.63, 3.8) is 0 Å². The van der Waals surface area contributed by atoms with Crippen LogP contribution in [0.1, 0.15) is 39.5 Å². The van der Waals surface area contributed by atoms with Gasteiger partial charge < -0.3 is 4.57 Å². The molecule has 0 radical (unpaired) electrons. The first-order valence-corrected chi connectivity index (χ1v) is 6.10. The molecule has 2 rings (SSSR count). The van der Waals surface area contributed by atoms with E-state index in [0.29, 0.717) is 0 Å². The van der Waals surface area contributed by atoms with E-state index in [4.69, 9.17) is 0 Å². The van der Waals surface area contributed by atoms with Gasteiger partial charge in [0.1, 0.15) is 12.7 Å². The van der Waals surface area contributed by atoms with E-state index in [1.54, 1.807) is 0 Å². The van der Waals surface area contributed by atoms with E-state index in [9.17, 15) is 0 Å². The zero-order valence-corrected chi connectivity index (χ0v) is 9.76. The van der Waals surface area contributed by atoms with Crippen LogP contribution in [0, 0.1) is 17.8 Å². The van der Waals surface area contributed by atoms with Crippen LogP contribution in [0.4, 0.5) is 0 Å². The fourth-order valence-electron chi connectivity index (χ4n) is 2.93. The number of hydrogen-bond donors (Lipinski definition) is 0. The average Bonchev–Trinajstić information content (AvgIpc) is 2.71. The molecule has 84 valence electrons. The van der Waals surface area contributed by atoms with Gasteiger partial charge in [-0.15, -0.1) is 10.2 Å². The molecule has 1 saturated carbocycles. The lowest BCUT2D eigenvalue weighted by Gasteiger charge is -2.34. The molecule has 3 nitrogen and oxygen atoms in total. The van der Waals surface area contributed by atoms with Crippen LogP contribution in [0.25, 0.3) is 0 Å². The van der Waals surface area contributed by atoms with Crippen molar-refractivity contribution in [2.24, 2.45) is 17.8 Å². The Balaban J connectivity index is 1.99. The van der Waals surface area contributed by atoms with E-state index in [0.717, 1.165) is 24.3 Å². The Labute approximate surface area is 91.9 Å². The summed E-state index contributed by atoms with van der Waals surface area (Å²) in [4.78, 5) is 0. The van der Waals surface area contributed by atoms with Crippen molar-refractivity contribution < 1.29 is 0 Å². The molecule has 1 aliphatic carbocycles. The van der Waals surface area contributed by atoms with Crippen LogP contribution in [0.5, 0.6) is 0 Å². The van der Waals surface area contributed by atoms with E-state index in [1.807, 2.05) is 12.7 Å². The second kappa shape index (κ2) is 4.77. The van der Waals surface area contributed by atoms with Gasteiger partial charge in [0.25, 0.3) is 0 Å². The first-order chi connectivity index (χ1) is 7.27. The van der Waals surface area contributed by atoms with E-state index >= 15 is 0 Å². The lowest BCUT2D eigenvalue weighted by molar-refractivity contribution is 0.161. The maximum absolute atomic E-state index is 3.87. The average molecular weight is 207 g/mol. The van der Waals surface area contributed by atoms with E-state index in [1.165, 1.54) is 25.7 Å². The molecule has 1 heterocycles. The Hall–Kier alpha value is -0.860. The smallest absolute Gasteiger partial charge is 0.119 e. The second-order valence-corrected chi connectivity index (χ2v) is 5.11. The molecule has 0 amide bonds. The Bertz CT molecular complexity index is 279. The van der Waals surface area contributed by atoms with Gasteiger partial charge in [-0.1, -0.05) is 26.7 Å². The molecule has 0 saturated heterocycles. The molecule has 0 aliphatic heterocycles. The van der Waals surface area contributed by atoms with Crippen LogP contribution in [0.15, 0.2) is 12.7 Å². The van der Waals surface area contributed by atoms with Gasteiger partial charge in [-0.05, 0) is 30.6 Å². The summed E-state index contributed by atoms with van der Waals surface area (Å²) < 4.78 is 2.13. The van der Waals surface area contributed by atoms with Gasteiger partial charge in [0.05, 0.1) is 0 Å². The molecular formula is C12H21N3. The molecule has 1 aliphatic rings. The highest BCUT2D eigenvalue weighted by Gasteiger charge is 2.27. The highest BCUT2D eigenvalue weighted by molar-refractivity contribution is 4.79. The highest BCUT2D eigenvalue weighted by Crippen LogP contribution is 2.35. The van der Waals surface area contributed by atoms with Crippen molar-refractivity contribution in [2.45, 2.75) is 46.1 Å². The number of aromatic nitrogens is 3. The lowest BCUT2D eigenvalue weighted by Crippen LogP contribution is -2.27. The minimum atomic E-state index is 0.812. The summed E-state index contributed by atoms with van der Waals surface area (Å²) in [6.45, 7) is 5.82. The topological polar surface area (TPSA) is 30.7 Å². The largest absolute Gasteiger partial charge is 0.320 e. The van der Waals surface area contributed by atoms with Gasteiger partial charge in [-0.3, -0.25) is 0 Å². The standard InChI is InChI=1S/C12H21N3/c1-10(2)12-6-4-3-5-11(12)7-15-8-13-14-9-15/h8-12H,3-7H2,1-2H3. The maximum Gasteiger partial charge on any atom is 0.119 e. The summed E-state index contributed by atoms with van der Waals surface area (Å²) in [5.74, 6) is 2.53. The molecule has 15 heavy (non-hydrogen) atoms. The Morgan fingerprint density at radius 1 is 1.20 bits per heavy atom. The molecule has 1 aromatic heterocycles. The molecule has 0 bridgehead atoms. The van der Waals surface area contributed by atoms with Gasteiger partial charge in [0, 0.05) is 6.54 Å². The minimum Gasteiger partial charge on any atom is -0.320 e. The summed E-state index contributed by atoms with van der Waals surface area (Å²) in [6, 6.07) is 0. The zero-order valence-electron chi connectivity index (χ0n) is 9.76. The van der Waals surface area contributed by atoms with E-state index in [2.05, 4.69) is 28.6 Å². The fourth-order valence-corrected chi connectivity index (χ4v) is 2.93. The van der Waals surface area contributed by atoms with Gasteiger partial charge in [-0.25, -0.2) is 0 Å². The molecular weight excluding hydrogens is 186 g/mol. The van der Waals surface area contributed by atoms with Gasteiger partial charge in [0.15, 0.2) is 0 Å². The number of hydrogen-bond acceptors (Lipinski definition) is 2. The van der Waals surface area contributed by atoms with Crippen molar-refractivity contribution in [3.05, 3.63) is 12.7 Å². The summed E-state index contributed by atoms with van der Waals surface area (Å²) in [7, 11) is 0. The van der Waals surface area contributed by atoms with Crippen LogP contribution >= 0.6 is 0 Å². The molecule has 2 unspecified atom stereocenters. The first kappa shape index (κ1) is 10.7. The molecule has 0 aromatic carbocycles. The van der Waals surface area contributed by atoms with Crippen molar-refractivity contribution in [2.75, 3.05) is 0 Å². The quantitative estimate of drug-likeness (QED) is 0.763. The van der Waals surface area contributed by atoms with Gasteiger partial charge in [0.2, 0.25) is 0 Å². The maximum atomic E-state index is 3.87. The predicted molar refractivity (Wildman–Crippen MR) is 60.3 cm³/mol. The number of nitrogens with zero attached hydrogens (tertiary/aromatic N) is 3. The summed E-state index contributed by atoms with van der Waals surface area (Å²) in [5, 5.41) is 7.74. The Morgan fingerprint density at radius 3 is 2.53 bits per heavy atom. The van der Waals surface area contributed by atoms with Crippen LogP contribution in [0.3, 0.4) is 0 Å². The van der Waals surface area contributed by atoms with E-state index in [-0.39, 0.29) is 0 Å². The van der Waals surface area contributed by atoms with E-state index < -0.39 is 0 Å². The molecule has 1 fully saturated rings. The zero-order chi connectivity index (χ0) is 10.7. The third kappa shape index (κ3) is 2.58. The second-order valence-electron chi connectivity index (χ2n) is 5.11. The lowest BCUT2D eigenvalue weighted by atomic mass is 9.73. The van der Waals surface area contributed by atoms with Crippen molar-refractivity contribution in [1.82, 2.24) is 14.8 Å². The summed E-state index contributed by atoms with van der Waals surface area (Å²) in [5.41, 5.74) is 0. The van der Waals surface area contributed by atoms with Crippen LogP contribution in [-0.2, 0) is 6.54 Å². The van der Waals surface area contributed by atoms with Crippen molar-refractivity contribution in [1.29, 1.82) is 0 Å². The fraction of sp³-hybridized carbons (Fsp3) is 0.833. The normalized spacial score (nSPS) is 27.1. The van der Waals surface area contributed by atoms with Crippen LogP contribution in [0.2, 0.25) is 0 Å².